The van der Waals surface area contributed by atoms with E-state index in [0.29, 0.717) is 23.4 Å². The molecule has 0 bridgehead atoms. The van der Waals surface area contributed by atoms with Crippen LogP contribution in [0.3, 0.4) is 0 Å². The summed E-state index contributed by atoms with van der Waals surface area (Å²) in [6.07, 6.45) is 0.617. The van der Waals surface area contributed by atoms with Gasteiger partial charge in [-0.3, -0.25) is 19.0 Å². The van der Waals surface area contributed by atoms with E-state index in [1.807, 2.05) is 37.3 Å². The number of Topliss-reactive ketones (excluding diaryl/α,β-unsaturated/α-hetero) is 1. The standard InChI is InChI=1S/C22H24N4O3/c1-5-19(16-9-7-6-8-10-16)26-21-17(23-18(22(26)29)13-14(2)27)11-12-20(24-21)25(4)15(3)28/h6-12,19H,5,13H2,1-4H3/t19-/m0/s1. The molecule has 0 aliphatic rings. The number of pyridine rings is 1. The highest BCUT2D eigenvalue weighted by Crippen LogP contribution is 2.25. The monoisotopic (exact) mass is 392 g/mol. The van der Waals surface area contributed by atoms with Crippen LogP contribution in [0.1, 0.15) is 44.5 Å². The van der Waals surface area contributed by atoms with Crippen molar-refractivity contribution in [3.8, 4) is 0 Å². The van der Waals surface area contributed by atoms with Gasteiger partial charge in [0.25, 0.3) is 5.56 Å². The molecule has 29 heavy (non-hydrogen) atoms. The number of anilines is 1. The lowest BCUT2D eigenvalue weighted by molar-refractivity contribution is -0.117. The molecular weight excluding hydrogens is 368 g/mol. The van der Waals surface area contributed by atoms with Crippen LogP contribution in [0.25, 0.3) is 11.2 Å². The maximum atomic E-state index is 13.3. The van der Waals surface area contributed by atoms with E-state index in [2.05, 4.69) is 9.97 Å². The molecular formula is C22H24N4O3. The second kappa shape index (κ2) is 8.34. The molecule has 0 aliphatic carbocycles. The third-order valence-electron chi connectivity index (χ3n) is 4.90. The molecule has 0 radical (unpaired) electrons. The maximum Gasteiger partial charge on any atom is 0.274 e. The fraction of sp³-hybridized carbons (Fsp3) is 0.318. The molecule has 0 N–H and O–H groups in total. The van der Waals surface area contributed by atoms with Crippen LogP contribution in [0.5, 0.6) is 0 Å². The predicted octanol–water partition coefficient (Wildman–Crippen LogP) is 2.91. The van der Waals surface area contributed by atoms with Crippen molar-refractivity contribution >= 4 is 28.7 Å². The zero-order chi connectivity index (χ0) is 21.1. The summed E-state index contributed by atoms with van der Waals surface area (Å²) in [5.41, 5.74) is 1.73. The van der Waals surface area contributed by atoms with Crippen LogP contribution in [-0.4, -0.2) is 33.3 Å². The Bertz CT molecular complexity index is 1120. The van der Waals surface area contributed by atoms with Crippen molar-refractivity contribution in [2.24, 2.45) is 0 Å². The van der Waals surface area contributed by atoms with Crippen molar-refractivity contribution in [3.05, 3.63) is 64.1 Å². The Morgan fingerprint density at radius 3 is 2.34 bits per heavy atom. The summed E-state index contributed by atoms with van der Waals surface area (Å²) < 4.78 is 1.60. The van der Waals surface area contributed by atoms with Gasteiger partial charge in [-0.25, -0.2) is 9.97 Å². The smallest absolute Gasteiger partial charge is 0.274 e. The first-order valence-corrected chi connectivity index (χ1v) is 9.54. The number of hydrogen-bond acceptors (Lipinski definition) is 5. The number of nitrogens with zero attached hydrogens (tertiary/aromatic N) is 4. The zero-order valence-corrected chi connectivity index (χ0v) is 17.0. The number of aromatic nitrogens is 3. The van der Waals surface area contributed by atoms with Crippen LogP contribution in [-0.2, 0) is 16.0 Å². The van der Waals surface area contributed by atoms with Gasteiger partial charge in [-0.15, -0.1) is 0 Å². The van der Waals surface area contributed by atoms with E-state index in [0.717, 1.165) is 5.56 Å². The van der Waals surface area contributed by atoms with Crippen molar-refractivity contribution in [2.45, 2.75) is 39.7 Å². The zero-order valence-electron chi connectivity index (χ0n) is 17.0. The molecule has 150 valence electrons. The van der Waals surface area contributed by atoms with E-state index in [-0.39, 0.29) is 35.4 Å². The van der Waals surface area contributed by atoms with Crippen molar-refractivity contribution < 1.29 is 9.59 Å². The summed E-state index contributed by atoms with van der Waals surface area (Å²) in [5, 5.41) is 0. The minimum absolute atomic E-state index is 0.0326. The number of hydrogen-bond donors (Lipinski definition) is 0. The van der Waals surface area contributed by atoms with Gasteiger partial charge in [0.2, 0.25) is 5.91 Å². The minimum Gasteiger partial charge on any atom is -0.300 e. The van der Waals surface area contributed by atoms with Crippen molar-refractivity contribution in [1.82, 2.24) is 14.5 Å². The number of carbonyl (C=O) groups excluding carboxylic acids is 2. The van der Waals surface area contributed by atoms with Crippen molar-refractivity contribution in [2.75, 3.05) is 11.9 Å². The Morgan fingerprint density at radius 2 is 1.76 bits per heavy atom. The molecule has 3 rings (SSSR count). The molecule has 0 unspecified atom stereocenters. The Morgan fingerprint density at radius 1 is 1.07 bits per heavy atom. The maximum absolute atomic E-state index is 13.3. The molecule has 1 aromatic carbocycles. The lowest BCUT2D eigenvalue weighted by atomic mass is 10.0. The van der Waals surface area contributed by atoms with Crippen LogP contribution in [0.4, 0.5) is 5.82 Å². The largest absolute Gasteiger partial charge is 0.300 e. The highest BCUT2D eigenvalue weighted by molar-refractivity contribution is 5.91. The quantitative estimate of drug-likeness (QED) is 0.644. The highest BCUT2D eigenvalue weighted by Gasteiger charge is 2.22. The number of benzene rings is 1. The Kier molecular flexibility index (Phi) is 5.87. The van der Waals surface area contributed by atoms with Crippen LogP contribution in [0.2, 0.25) is 0 Å². The van der Waals surface area contributed by atoms with E-state index in [9.17, 15) is 14.4 Å². The van der Waals surface area contributed by atoms with Gasteiger partial charge in [-0.05, 0) is 31.0 Å². The summed E-state index contributed by atoms with van der Waals surface area (Å²) in [5.74, 6) is 0.137. The molecule has 7 nitrogen and oxygen atoms in total. The van der Waals surface area contributed by atoms with E-state index >= 15 is 0 Å². The predicted molar refractivity (Wildman–Crippen MR) is 112 cm³/mol. The fourth-order valence-corrected chi connectivity index (χ4v) is 3.35. The topological polar surface area (TPSA) is 85.2 Å². The lowest BCUT2D eigenvalue weighted by Gasteiger charge is -2.22. The van der Waals surface area contributed by atoms with Crippen LogP contribution < -0.4 is 10.5 Å². The molecule has 1 amide bonds. The molecule has 7 heteroatoms. The first-order valence-electron chi connectivity index (χ1n) is 9.54. The SMILES string of the molecule is CC[C@@H](c1ccccc1)n1c(=O)c(CC(C)=O)nc2ccc(N(C)C(C)=O)nc21. The molecule has 0 fully saturated rings. The molecule has 0 aliphatic heterocycles. The minimum atomic E-state index is -0.335. The summed E-state index contributed by atoms with van der Waals surface area (Å²) in [4.78, 5) is 47.2. The van der Waals surface area contributed by atoms with E-state index < -0.39 is 0 Å². The van der Waals surface area contributed by atoms with Gasteiger partial charge in [0.15, 0.2) is 5.65 Å². The summed E-state index contributed by atoms with van der Waals surface area (Å²) in [6.45, 7) is 4.88. The van der Waals surface area contributed by atoms with Gasteiger partial charge in [0.1, 0.15) is 22.8 Å². The van der Waals surface area contributed by atoms with Crippen molar-refractivity contribution in [1.29, 1.82) is 0 Å². The summed E-state index contributed by atoms with van der Waals surface area (Å²) >= 11 is 0. The lowest BCUT2D eigenvalue weighted by Crippen LogP contribution is -2.32. The molecule has 3 aromatic rings. The molecule has 2 aromatic heterocycles. The van der Waals surface area contributed by atoms with E-state index in [1.54, 1.807) is 23.7 Å². The van der Waals surface area contributed by atoms with Gasteiger partial charge >= 0.3 is 0 Å². The second-order valence-electron chi connectivity index (χ2n) is 7.04. The number of rotatable bonds is 6. The highest BCUT2D eigenvalue weighted by atomic mass is 16.2. The molecule has 0 spiro atoms. The fourth-order valence-electron chi connectivity index (χ4n) is 3.35. The van der Waals surface area contributed by atoms with Gasteiger partial charge in [0, 0.05) is 14.0 Å². The third kappa shape index (κ3) is 4.08. The Labute approximate surface area is 169 Å². The molecule has 1 atom stereocenters. The number of ketones is 1. The summed E-state index contributed by atoms with van der Waals surface area (Å²) in [7, 11) is 1.63. The Hall–Kier alpha value is -3.35. The first kappa shape index (κ1) is 20.4. The second-order valence-corrected chi connectivity index (χ2v) is 7.04. The Balaban J connectivity index is 2.34. The van der Waals surface area contributed by atoms with Crippen molar-refractivity contribution in [3.63, 3.8) is 0 Å². The number of carbonyl (C=O) groups is 2. The van der Waals surface area contributed by atoms with E-state index in [4.69, 9.17) is 0 Å². The van der Waals surface area contributed by atoms with Crippen LogP contribution >= 0.6 is 0 Å². The number of fused-ring (bicyclic) bond motifs is 1. The molecule has 2 heterocycles. The van der Waals surface area contributed by atoms with E-state index in [1.165, 1.54) is 18.7 Å². The van der Waals surface area contributed by atoms with Gasteiger partial charge < -0.3 is 4.90 Å². The van der Waals surface area contributed by atoms with Gasteiger partial charge in [0.05, 0.1) is 12.5 Å². The molecule has 0 saturated heterocycles. The average molecular weight is 392 g/mol. The third-order valence-corrected chi connectivity index (χ3v) is 4.90. The van der Waals surface area contributed by atoms with Gasteiger partial charge in [-0.1, -0.05) is 37.3 Å². The average Bonchev–Trinajstić information content (AvgIpc) is 2.70. The van der Waals surface area contributed by atoms with Crippen LogP contribution in [0, 0.1) is 0 Å². The number of amides is 1. The van der Waals surface area contributed by atoms with Gasteiger partial charge in [-0.2, -0.15) is 0 Å². The van der Waals surface area contributed by atoms with Crippen LogP contribution in [0.15, 0.2) is 47.3 Å². The summed E-state index contributed by atoms with van der Waals surface area (Å²) in [6, 6.07) is 12.8. The first-order chi connectivity index (χ1) is 13.8. The molecule has 0 saturated carbocycles. The normalized spacial score (nSPS) is 12.0.